The van der Waals surface area contributed by atoms with Gasteiger partial charge in [-0.25, -0.2) is 18.6 Å². The van der Waals surface area contributed by atoms with Crippen LogP contribution in [0.15, 0.2) is 36.1 Å². The summed E-state index contributed by atoms with van der Waals surface area (Å²) in [6, 6.07) is 7.89. The predicted molar refractivity (Wildman–Crippen MR) is 146 cm³/mol. The van der Waals surface area contributed by atoms with Gasteiger partial charge in [-0.1, -0.05) is 31.5 Å². The standard InChI is InChI=1S/C29H30F2N2O5S/c1-4-6-18(37-2)10-9-16-7-5-8-20-19(16)11-12-25-26(20)32-29(39-25)33-27(34)17-13-22(30)21(23(31)14-17)15-24(38-3)28(35)36/h5,7-8,13-15,18H,4,6,9-12H2,1-3H3,(H,35,36)(H,32,33,34). The molecular formula is C29H30F2N2O5S. The van der Waals surface area contributed by atoms with Gasteiger partial charge in [0.2, 0.25) is 5.76 Å². The van der Waals surface area contributed by atoms with E-state index in [9.17, 15) is 18.4 Å². The lowest BCUT2D eigenvalue weighted by atomic mass is 9.87. The molecule has 0 aliphatic heterocycles. The second-order valence-electron chi connectivity index (χ2n) is 9.24. The summed E-state index contributed by atoms with van der Waals surface area (Å²) in [5.74, 6) is -5.03. The van der Waals surface area contributed by atoms with Crippen molar-refractivity contribution in [1.29, 1.82) is 0 Å². The Bertz CT molecular complexity index is 1400. The minimum atomic E-state index is -1.48. The molecule has 0 saturated heterocycles. The molecule has 0 spiro atoms. The number of carbonyl (C=O) groups is 2. The summed E-state index contributed by atoms with van der Waals surface area (Å²) in [6.45, 7) is 2.15. The number of aromatic nitrogens is 1. The summed E-state index contributed by atoms with van der Waals surface area (Å²) in [5.41, 5.74) is 3.50. The van der Waals surface area contributed by atoms with E-state index in [1.165, 1.54) is 22.5 Å². The van der Waals surface area contributed by atoms with Crippen molar-refractivity contribution in [2.45, 2.75) is 51.6 Å². The molecule has 7 nitrogen and oxygen atoms in total. The number of carbonyl (C=O) groups excluding carboxylic acids is 1. The number of aryl methyl sites for hydroxylation is 2. The molecule has 0 bridgehead atoms. The molecule has 1 aromatic heterocycles. The summed E-state index contributed by atoms with van der Waals surface area (Å²) in [6.07, 6.45) is 6.55. The maximum absolute atomic E-state index is 14.6. The Morgan fingerprint density at radius 3 is 2.56 bits per heavy atom. The number of fused-ring (bicyclic) bond motifs is 3. The summed E-state index contributed by atoms with van der Waals surface area (Å²) in [4.78, 5) is 29.6. The molecule has 2 N–H and O–H groups in total. The predicted octanol–water partition coefficient (Wildman–Crippen LogP) is 6.26. The van der Waals surface area contributed by atoms with Crippen molar-refractivity contribution < 1.29 is 33.0 Å². The number of anilines is 1. The van der Waals surface area contributed by atoms with Crippen LogP contribution in [0.2, 0.25) is 0 Å². The molecule has 3 aromatic rings. The average Bonchev–Trinajstić information content (AvgIpc) is 3.33. The first-order valence-corrected chi connectivity index (χ1v) is 13.5. The number of methoxy groups -OCH3 is 2. The van der Waals surface area contributed by atoms with Crippen molar-refractivity contribution in [2.24, 2.45) is 0 Å². The molecule has 0 fully saturated rings. The normalized spacial score (nSPS) is 13.4. The smallest absolute Gasteiger partial charge is 0.371 e. The van der Waals surface area contributed by atoms with E-state index >= 15 is 0 Å². The van der Waals surface area contributed by atoms with Gasteiger partial charge in [0.05, 0.1) is 18.9 Å². The van der Waals surface area contributed by atoms with E-state index in [0.29, 0.717) is 5.13 Å². The van der Waals surface area contributed by atoms with E-state index in [1.807, 2.05) is 12.1 Å². The molecule has 0 saturated carbocycles. The van der Waals surface area contributed by atoms with Crippen molar-refractivity contribution in [3.8, 4) is 11.3 Å². The number of carboxylic acid groups (broad SMARTS) is 1. The van der Waals surface area contributed by atoms with Gasteiger partial charge in [-0.15, -0.1) is 11.3 Å². The molecule has 10 heteroatoms. The number of hydrogen-bond acceptors (Lipinski definition) is 6. The third-order valence-corrected chi connectivity index (χ3v) is 7.81. The topological polar surface area (TPSA) is 97.8 Å². The maximum atomic E-state index is 14.6. The fraction of sp³-hybridized carbons (Fsp3) is 0.345. The minimum absolute atomic E-state index is 0.227. The monoisotopic (exact) mass is 556 g/mol. The largest absolute Gasteiger partial charge is 0.490 e. The molecule has 4 rings (SSSR count). The van der Waals surface area contributed by atoms with E-state index in [4.69, 9.17) is 9.84 Å². The zero-order chi connectivity index (χ0) is 28.1. The van der Waals surface area contributed by atoms with Crippen LogP contribution >= 0.6 is 11.3 Å². The Hall–Kier alpha value is -3.63. The number of nitrogens with one attached hydrogen (secondary N) is 1. The molecule has 1 amide bonds. The maximum Gasteiger partial charge on any atom is 0.371 e. The third-order valence-electron chi connectivity index (χ3n) is 6.78. The van der Waals surface area contributed by atoms with Crippen LogP contribution in [-0.2, 0) is 33.5 Å². The van der Waals surface area contributed by atoms with Crippen molar-refractivity contribution in [2.75, 3.05) is 19.5 Å². The number of amides is 1. The van der Waals surface area contributed by atoms with E-state index in [2.05, 4.69) is 28.0 Å². The lowest BCUT2D eigenvalue weighted by Crippen LogP contribution is -2.13. The molecular weight excluding hydrogens is 526 g/mol. The fourth-order valence-corrected chi connectivity index (χ4v) is 5.76. The van der Waals surface area contributed by atoms with Crippen LogP contribution in [0.5, 0.6) is 0 Å². The zero-order valence-corrected chi connectivity index (χ0v) is 22.8. The van der Waals surface area contributed by atoms with Gasteiger partial charge >= 0.3 is 5.97 Å². The minimum Gasteiger partial charge on any atom is -0.490 e. The Morgan fingerprint density at radius 1 is 1.18 bits per heavy atom. The number of carboxylic acids is 1. The Labute approximate surface area is 229 Å². The zero-order valence-electron chi connectivity index (χ0n) is 22.0. The van der Waals surface area contributed by atoms with E-state index < -0.39 is 34.8 Å². The number of nitrogens with zero attached hydrogens (tertiary/aromatic N) is 1. The number of thiazole rings is 1. The molecule has 2 aromatic carbocycles. The Morgan fingerprint density at radius 2 is 1.92 bits per heavy atom. The van der Waals surface area contributed by atoms with Crippen molar-refractivity contribution >= 4 is 34.4 Å². The molecule has 1 unspecified atom stereocenters. The Kier molecular flexibility index (Phi) is 9.08. The SMILES string of the molecule is CCCC(CCc1cccc2c1CCc1sc(NC(=O)c3cc(F)c(C=C(OC)C(=O)O)c(F)c3)nc1-2)OC. The molecule has 206 valence electrons. The summed E-state index contributed by atoms with van der Waals surface area (Å²) in [5, 5.41) is 12.0. The molecule has 39 heavy (non-hydrogen) atoms. The quantitative estimate of drug-likeness (QED) is 0.214. The molecule has 1 aliphatic carbocycles. The second-order valence-corrected chi connectivity index (χ2v) is 10.3. The molecule has 0 radical (unpaired) electrons. The number of hydrogen-bond donors (Lipinski definition) is 2. The highest BCUT2D eigenvalue weighted by atomic mass is 32.1. The molecule has 1 aliphatic rings. The van der Waals surface area contributed by atoms with E-state index in [1.54, 1.807) is 7.11 Å². The van der Waals surface area contributed by atoms with Crippen LogP contribution in [0, 0.1) is 11.6 Å². The average molecular weight is 557 g/mol. The molecule has 1 atom stereocenters. The van der Waals surface area contributed by atoms with Crippen LogP contribution in [0.4, 0.5) is 13.9 Å². The lowest BCUT2D eigenvalue weighted by Gasteiger charge is -2.20. The number of benzene rings is 2. The van der Waals surface area contributed by atoms with Gasteiger partial charge in [0.1, 0.15) is 11.6 Å². The lowest BCUT2D eigenvalue weighted by molar-refractivity contribution is -0.135. The summed E-state index contributed by atoms with van der Waals surface area (Å²) in [7, 11) is 2.83. The number of ether oxygens (including phenoxy) is 2. The van der Waals surface area contributed by atoms with Gasteiger partial charge in [-0.05, 0) is 55.4 Å². The van der Waals surface area contributed by atoms with Crippen molar-refractivity contribution in [1.82, 2.24) is 4.98 Å². The third kappa shape index (κ3) is 6.34. The van der Waals surface area contributed by atoms with E-state index in [-0.39, 0.29) is 11.7 Å². The number of aliphatic carboxylic acids is 1. The molecule has 1 heterocycles. The van der Waals surface area contributed by atoms with Crippen LogP contribution in [0.25, 0.3) is 17.3 Å². The van der Waals surface area contributed by atoms with Gasteiger partial charge in [-0.2, -0.15) is 0 Å². The van der Waals surface area contributed by atoms with Gasteiger partial charge < -0.3 is 14.6 Å². The van der Waals surface area contributed by atoms with E-state index in [0.717, 1.165) is 80.0 Å². The number of rotatable bonds is 11. The van der Waals surface area contributed by atoms with Crippen LogP contribution in [0.3, 0.4) is 0 Å². The summed E-state index contributed by atoms with van der Waals surface area (Å²) >= 11 is 1.34. The van der Waals surface area contributed by atoms with Crippen molar-refractivity contribution in [3.63, 3.8) is 0 Å². The first kappa shape index (κ1) is 28.4. The van der Waals surface area contributed by atoms with Gasteiger partial charge in [0.15, 0.2) is 5.13 Å². The first-order valence-electron chi connectivity index (χ1n) is 12.7. The van der Waals surface area contributed by atoms with Crippen molar-refractivity contribution in [3.05, 3.63) is 74.9 Å². The van der Waals surface area contributed by atoms with Gasteiger partial charge in [0, 0.05) is 34.8 Å². The highest BCUT2D eigenvalue weighted by Gasteiger charge is 2.24. The highest BCUT2D eigenvalue weighted by Crippen LogP contribution is 2.40. The van der Waals surface area contributed by atoms with Crippen LogP contribution in [0.1, 0.15) is 58.1 Å². The highest BCUT2D eigenvalue weighted by molar-refractivity contribution is 7.16. The van der Waals surface area contributed by atoms with Crippen LogP contribution in [-0.4, -0.2) is 42.3 Å². The van der Waals surface area contributed by atoms with Crippen LogP contribution < -0.4 is 5.32 Å². The fourth-order valence-electron chi connectivity index (χ4n) is 4.79. The van der Waals surface area contributed by atoms with Gasteiger partial charge in [0.25, 0.3) is 5.91 Å². The second kappa shape index (κ2) is 12.5. The Balaban J connectivity index is 1.54. The summed E-state index contributed by atoms with van der Waals surface area (Å²) < 4.78 is 39.4. The number of halogens is 2. The van der Waals surface area contributed by atoms with Gasteiger partial charge in [-0.3, -0.25) is 10.1 Å². The first-order chi connectivity index (χ1) is 18.7.